The van der Waals surface area contributed by atoms with Crippen molar-refractivity contribution in [1.82, 2.24) is 0 Å². The smallest absolute Gasteiger partial charge is 0.0910 e. The second kappa shape index (κ2) is 8.24. The Labute approximate surface area is 196 Å². The average Bonchev–Trinajstić information content (AvgIpc) is 3.08. The standard InChI is InChI=1S/C29H48O3/c1-7-21(19(2)3)9-8-20(4)23-10-11-24-26(23,5)14-13-25-27(6)15-12-22(30)18-28(27,31)16-17-29(24,25)32/h8-9,16-17,19-25,30-32H,7,10-15,18H2,1-6H3. The van der Waals surface area contributed by atoms with Gasteiger partial charge in [-0.3, -0.25) is 0 Å². The number of aliphatic hydroxyl groups is 3. The van der Waals surface area contributed by atoms with Crippen molar-refractivity contribution in [3.63, 3.8) is 0 Å². The van der Waals surface area contributed by atoms with Crippen molar-refractivity contribution in [2.24, 2.45) is 46.3 Å². The Bertz CT molecular complexity index is 758. The van der Waals surface area contributed by atoms with Crippen LogP contribution in [0.15, 0.2) is 24.3 Å². The minimum absolute atomic E-state index is 0.0607. The van der Waals surface area contributed by atoms with Gasteiger partial charge in [0.05, 0.1) is 17.3 Å². The van der Waals surface area contributed by atoms with E-state index in [0.717, 1.165) is 32.1 Å². The second-order valence-corrected chi connectivity index (χ2v) is 12.9. The highest BCUT2D eigenvalue weighted by Gasteiger charge is 2.68. The summed E-state index contributed by atoms with van der Waals surface area (Å²) < 4.78 is 0. The first kappa shape index (κ1) is 24.5. The Morgan fingerprint density at radius 3 is 2.31 bits per heavy atom. The fourth-order valence-electron chi connectivity index (χ4n) is 8.90. The molecule has 0 spiro atoms. The Kier molecular flexibility index (Phi) is 6.30. The topological polar surface area (TPSA) is 60.7 Å². The fourth-order valence-corrected chi connectivity index (χ4v) is 8.90. The summed E-state index contributed by atoms with van der Waals surface area (Å²) in [6, 6.07) is 0. The molecule has 3 N–H and O–H groups in total. The average molecular weight is 445 g/mol. The van der Waals surface area contributed by atoms with Gasteiger partial charge in [-0.1, -0.05) is 65.8 Å². The summed E-state index contributed by atoms with van der Waals surface area (Å²) in [5, 5.41) is 34.1. The maximum absolute atomic E-state index is 12.3. The van der Waals surface area contributed by atoms with Crippen molar-refractivity contribution in [3.8, 4) is 0 Å². The predicted octanol–water partition coefficient (Wildman–Crippen LogP) is 5.89. The van der Waals surface area contributed by atoms with Crippen LogP contribution in [-0.4, -0.2) is 32.6 Å². The first-order chi connectivity index (χ1) is 14.9. The third kappa shape index (κ3) is 3.48. The highest BCUT2D eigenvalue weighted by Crippen LogP contribution is 2.68. The van der Waals surface area contributed by atoms with Crippen molar-refractivity contribution in [2.45, 2.75) is 110 Å². The first-order valence-electron chi connectivity index (χ1n) is 13.4. The predicted molar refractivity (Wildman–Crippen MR) is 131 cm³/mol. The van der Waals surface area contributed by atoms with Gasteiger partial charge in [0, 0.05) is 17.8 Å². The number of fused-ring (bicyclic) bond motifs is 5. The monoisotopic (exact) mass is 444 g/mol. The maximum Gasteiger partial charge on any atom is 0.0910 e. The molecule has 0 heterocycles. The van der Waals surface area contributed by atoms with E-state index in [0.29, 0.717) is 30.1 Å². The Morgan fingerprint density at radius 2 is 1.66 bits per heavy atom. The van der Waals surface area contributed by atoms with E-state index in [9.17, 15) is 15.3 Å². The van der Waals surface area contributed by atoms with E-state index in [-0.39, 0.29) is 22.7 Å². The molecule has 0 bridgehead atoms. The van der Waals surface area contributed by atoms with Crippen LogP contribution in [0, 0.1) is 46.3 Å². The van der Waals surface area contributed by atoms with Crippen LogP contribution < -0.4 is 0 Å². The summed E-state index contributed by atoms with van der Waals surface area (Å²) in [7, 11) is 0. The van der Waals surface area contributed by atoms with Gasteiger partial charge in [-0.2, -0.15) is 0 Å². The van der Waals surface area contributed by atoms with E-state index in [4.69, 9.17) is 0 Å². The summed E-state index contributed by atoms with van der Waals surface area (Å²) in [4.78, 5) is 0. The number of aliphatic hydroxyl groups excluding tert-OH is 1. The lowest BCUT2D eigenvalue weighted by atomic mass is 9.43. The molecule has 10 atom stereocenters. The Balaban J connectivity index is 1.61. The van der Waals surface area contributed by atoms with Crippen molar-refractivity contribution < 1.29 is 15.3 Å². The molecule has 3 heteroatoms. The number of allylic oxidation sites excluding steroid dienone is 2. The molecule has 0 saturated heterocycles. The zero-order valence-electron chi connectivity index (χ0n) is 21.3. The van der Waals surface area contributed by atoms with Crippen LogP contribution in [0.25, 0.3) is 0 Å². The van der Waals surface area contributed by atoms with Gasteiger partial charge >= 0.3 is 0 Å². The van der Waals surface area contributed by atoms with Crippen molar-refractivity contribution in [2.75, 3.05) is 0 Å². The van der Waals surface area contributed by atoms with Crippen LogP contribution in [0.2, 0.25) is 0 Å². The molecule has 3 fully saturated rings. The van der Waals surface area contributed by atoms with Gasteiger partial charge in [0.1, 0.15) is 0 Å². The number of rotatable bonds is 5. The lowest BCUT2D eigenvalue weighted by Gasteiger charge is -2.64. The number of hydrogen-bond acceptors (Lipinski definition) is 3. The molecule has 0 aromatic carbocycles. The van der Waals surface area contributed by atoms with E-state index < -0.39 is 17.3 Å². The summed E-state index contributed by atoms with van der Waals surface area (Å²) in [5.74, 6) is 2.73. The normalized spacial score (nSPS) is 50.2. The number of hydrogen-bond donors (Lipinski definition) is 3. The molecule has 32 heavy (non-hydrogen) atoms. The van der Waals surface area contributed by atoms with Gasteiger partial charge in [-0.05, 0) is 80.0 Å². The van der Waals surface area contributed by atoms with E-state index in [2.05, 4.69) is 53.7 Å². The van der Waals surface area contributed by atoms with Crippen molar-refractivity contribution in [3.05, 3.63) is 24.3 Å². The molecule has 10 unspecified atom stereocenters. The molecular weight excluding hydrogens is 396 g/mol. The van der Waals surface area contributed by atoms with Gasteiger partial charge in [0.25, 0.3) is 0 Å². The summed E-state index contributed by atoms with van der Waals surface area (Å²) in [6.45, 7) is 13.9. The molecule has 4 aliphatic carbocycles. The van der Waals surface area contributed by atoms with Crippen LogP contribution in [0.4, 0.5) is 0 Å². The fraction of sp³-hybridized carbons (Fsp3) is 0.862. The highest BCUT2D eigenvalue weighted by molar-refractivity contribution is 5.31. The molecule has 4 rings (SSSR count). The van der Waals surface area contributed by atoms with E-state index in [1.165, 1.54) is 12.8 Å². The van der Waals surface area contributed by atoms with Gasteiger partial charge in [-0.15, -0.1) is 0 Å². The molecule has 182 valence electrons. The molecule has 3 nitrogen and oxygen atoms in total. The van der Waals surface area contributed by atoms with Crippen LogP contribution in [0.3, 0.4) is 0 Å². The van der Waals surface area contributed by atoms with Crippen molar-refractivity contribution in [1.29, 1.82) is 0 Å². The quantitative estimate of drug-likeness (QED) is 0.464. The van der Waals surface area contributed by atoms with Gasteiger partial charge in [0.15, 0.2) is 0 Å². The molecule has 0 aromatic heterocycles. The van der Waals surface area contributed by atoms with E-state index >= 15 is 0 Å². The zero-order valence-corrected chi connectivity index (χ0v) is 21.3. The SMILES string of the molecule is CCC(C=CC(C)C1CCC2C3(O)C=CC4(O)CC(O)CCC4(C)C3CCC12C)C(C)C. The third-order valence-corrected chi connectivity index (χ3v) is 11.0. The summed E-state index contributed by atoms with van der Waals surface area (Å²) >= 11 is 0. The zero-order chi connectivity index (χ0) is 23.5. The molecular formula is C29H48O3. The molecule has 0 amide bonds. The minimum Gasteiger partial charge on any atom is -0.393 e. The van der Waals surface area contributed by atoms with Crippen molar-refractivity contribution >= 4 is 0 Å². The van der Waals surface area contributed by atoms with Crippen LogP contribution in [-0.2, 0) is 0 Å². The van der Waals surface area contributed by atoms with E-state index in [1.807, 2.05) is 12.2 Å². The third-order valence-electron chi connectivity index (χ3n) is 11.0. The van der Waals surface area contributed by atoms with Crippen LogP contribution in [0.5, 0.6) is 0 Å². The van der Waals surface area contributed by atoms with Crippen LogP contribution >= 0.6 is 0 Å². The Morgan fingerprint density at radius 1 is 0.938 bits per heavy atom. The minimum atomic E-state index is -1.00. The van der Waals surface area contributed by atoms with Gasteiger partial charge in [-0.25, -0.2) is 0 Å². The lowest BCUT2D eigenvalue weighted by molar-refractivity contribution is -0.220. The van der Waals surface area contributed by atoms with Gasteiger partial charge < -0.3 is 15.3 Å². The molecule has 4 aliphatic rings. The van der Waals surface area contributed by atoms with Crippen LogP contribution in [0.1, 0.15) is 92.9 Å². The summed E-state index contributed by atoms with van der Waals surface area (Å²) in [6.07, 6.45) is 15.7. The van der Waals surface area contributed by atoms with Gasteiger partial charge in [0.2, 0.25) is 0 Å². The largest absolute Gasteiger partial charge is 0.393 e. The lowest BCUT2D eigenvalue weighted by Crippen LogP contribution is -2.67. The second-order valence-electron chi connectivity index (χ2n) is 12.9. The summed E-state index contributed by atoms with van der Waals surface area (Å²) in [5.41, 5.74) is -2.10. The van der Waals surface area contributed by atoms with E-state index in [1.54, 1.807) is 0 Å². The molecule has 0 aromatic rings. The molecule has 3 saturated carbocycles. The molecule has 0 radical (unpaired) electrons. The first-order valence-corrected chi connectivity index (χ1v) is 13.4. The Hall–Kier alpha value is -0.640. The molecule has 0 aliphatic heterocycles. The maximum atomic E-state index is 12.3. The highest BCUT2D eigenvalue weighted by atomic mass is 16.3.